The number of hydrogen-bond donors (Lipinski definition) is 1. The minimum atomic E-state index is 0.0659. The maximum Gasteiger partial charge on any atom is 0.253 e. The maximum atomic E-state index is 13.8. The summed E-state index contributed by atoms with van der Waals surface area (Å²) in [6, 6.07) is 17.1. The Morgan fingerprint density at radius 2 is 1.67 bits per heavy atom. The molecule has 6 rings (SSSR count). The van der Waals surface area contributed by atoms with E-state index in [1.807, 2.05) is 50.1 Å². The van der Waals surface area contributed by atoms with Gasteiger partial charge in [0.05, 0.1) is 27.4 Å². The number of piperidine rings is 1. The first-order valence-corrected chi connectivity index (χ1v) is 19.0. The average molecular weight is 694 g/mol. The van der Waals surface area contributed by atoms with Gasteiger partial charge in [-0.3, -0.25) is 9.69 Å². The van der Waals surface area contributed by atoms with Crippen molar-refractivity contribution in [2.45, 2.75) is 90.6 Å². The van der Waals surface area contributed by atoms with Crippen molar-refractivity contribution in [3.8, 4) is 28.4 Å². The summed E-state index contributed by atoms with van der Waals surface area (Å²) >= 11 is 0. The van der Waals surface area contributed by atoms with E-state index in [9.17, 15) is 4.79 Å². The normalized spacial score (nSPS) is 17.7. The van der Waals surface area contributed by atoms with Crippen LogP contribution in [-0.4, -0.2) is 69.8 Å². The predicted molar refractivity (Wildman–Crippen MR) is 209 cm³/mol. The van der Waals surface area contributed by atoms with Crippen LogP contribution in [0.3, 0.4) is 0 Å². The van der Waals surface area contributed by atoms with Crippen molar-refractivity contribution in [3.05, 3.63) is 100 Å². The van der Waals surface area contributed by atoms with Gasteiger partial charge in [0.25, 0.3) is 5.91 Å². The summed E-state index contributed by atoms with van der Waals surface area (Å²) in [4.78, 5) is 18.3. The second-order valence-corrected chi connectivity index (χ2v) is 13.9. The molecule has 3 aliphatic rings. The second kappa shape index (κ2) is 17.8. The van der Waals surface area contributed by atoms with E-state index in [0.717, 1.165) is 73.5 Å². The van der Waals surface area contributed by atoms with E-state index in [1.54, 1.807) is 21.3 Å². The first-order chi connectivity index (χ1) is 24.8. The lowest BCUT2D eigenvalue weighted by molar-refractivity contribution is 0.0649. The van der Waals surface area contributed by atoms with Crippen LogP contribution >= 0.6 is 0 Å². The minimum Gasteiger partial charge on any atom is -0.496 e. The van der Waals surface area contributed by atoms with Crippen LogP contribution in [0.15, 0.2) is 72.5 Å². The zero-order valence-corrected chi connectivity index (χ0v) is 32.2. The quantitative estimate of drug-likeness (QED) is 0.204. The third-order valence-corrected chi connectivity index (χ3v) is 10.8. The van der Waals surface area contributed by atoms with Gasteiger partial charge in [0.1, 0.15) is 5.75 Å². The number of carbonyl (C=O) groups excluding carboxylic acids is 1. The first-order valence-electron chi connectivity index (χ1n) is 19.0. The van der Waals surface area contributed by atoms with E-state index in [0.29, 0.717) is 17.2 Å². The molecule has 0 radical (unpaired) electrons. The first kappa shape index (κ1) is 38.0. The van der Waals surface area contributed by atoms with E-state index in [-0.39, 0.29) is 18.0 Å². The topological polar surface area (TPSA) is 63.3 Å². The minimum absolute atomic E-state index is 0.0659. The number of carbonyl (C=O) groups is 1. The Labute approximate surface area is 306 Å². The smallest absolute Gasteiger partial charge is 0.253 e. The molecule has 1 amide bonds. The molecule has 1 N–H and O–H groups in total. The van der Waals surface area contributed by atoms with Gasteiger partial charge in [0.2, 0.25) is 0 Å². The Hall–Kier alpha value is -4.23. The molecule has 2 aliphatic heterocycles. The fraction of sp³-hybridized carbons (Fsp3) is 0.477. The highest BCUT2D eigenvalue weighted by atomic mass is 16.5. The molecule has 1 aliphatic carbocycles. The van der Waals surface area contributed by atoms with E-state index < -0.39 is 0 Å². The molecular formula is C44H59N3O4. The fourth-order valence-corrected chi connectivity index (χ4v) is 7.73. The molecule has 274 valence electrons. The Balaban J connectivity index is 0.00000248. The molecule has 1 saturated carbocycles. The van der Waals surface area contributed by atoms with Gasteiger partial charge in [-0.15, -0.1) is 0 Å². The van der Waals surface area contributed by atoms with Crippen LogP contribution in [0.2, 0.25) is 0 Å². The molecule has 1 unspecified atom stereocenters. The van der Waals surface area contributed by atoms with Crippen molar-refractivity contribution in [1.82, 2.24) is 15.1 Å². The van der Waals surface area contributed by atoms with Crippen LogP contribution in [0.5, 0.6) is 17.2 Å². The van der Waals surface area contributed by atoms with Gasteiger partial charge >= 0.3 is 0 Å². The lowest BCUT2D eigenvalue weighted by atomic mass is 9.77. The lowest BCUT2D eigenvalue weighted by Crippen LogP contribution is -2.46. The summed E-state index contributed by atoms with van der Waals surface area (Å²) in [7, 11) is 7.09. The molecule has 0 bridgehead atoms. The number of amides is 1. The van der Waals surface area contributed by atoms with E-state index in [4.69, 9.17) is 14.2 Å². The Morgan fingerprint density at radius 1 is 0.922 bits per heavy atom. The second-order valence-electron chi connectivity index (χ2n) is 13.9. The summed E-state index contributed by atoms with van der Waals surface area (Å²) in [5.74, 6) is 3.20. The van der Waals surface area contributed by atoms with Crippen LogP contribution in [0.4, 0.5) is 0 Å². The van der Waals surface area contributed by atoms with Crippen molar-refractivity contribution in [2.75, 3.05) is 48.0 Å². The predicted octanol–water partition coefficient (Wildman–Crippen LogP) is 9.26. The highest BCUT2D eigenvalue weighted by molar-refractivity contribution is 5.95. The number of ether oxygens (including phenoxy) is 3. The molecule has 1 saturated heterocycles. The van der Waals surface area contributed by atoms with Crippen LogP contribution in [0, 0.1) is 6.92 Å². The average Bonchev–Trinajstić information content (AvgIpc) is 3.15. The lowest BCUT2D eigenvalue weighted by Gasteiger charge is -2.37. The van der Waals surface area contributed by atoms with Crippen molar-refractivity contribution in [1.29, 1.82) is 0 Å². The summed E-state index contributed by atoms with van der Waals surface area (Å²) in [6.07, 6.45) is 14.3. The van der Waals surface area contributed by atoms with Gasteiger partial charge in [-0.1, -0.05) is 57.9 Å². The van der Waals surface area contributed by atoms with Gasteiger partial charge in [-0.2, -0.15) is 0 Å². The zero-order valence-electron chi connectivity index (χ0n) is 32.2. The number of nitrogens with zero attached hydrogens (tertiary/aromatic N) is 2. The van der Waals surface area contributed by atoms with Crippen molar-refractivity contribution < 1.29 is 19.0 Å². The van der Waals surface area contributed by atoms with Gasteiger partial charge in [-0.25, -0.2) is 0 Å². The molecule has 1 atom stereocenters. The van der Waals surface area contributed by atoms with Crippen molar-refractivity contribution in [3.63, 3.8) is 0 Å². The highest BCUT2D eigenvalue weighted by Crippen LogP contribution is 2.42. The van der Waals surface area contributed by atoms with E-state index in [1.165, 1.54) is 41.5 Å². The van der Waals surface area contributed by atoms with E-state index >= 15 is 0 Å². The van der Waals surface area contributed by atoms with Crippen LogP contribution in [-0.2, 0) is 6.42 Å². The molecule has 51 heavy (non-hydrogen) atoms. The Kier molecular flexibility index (Phi) is 13.3. The Bertz CT molecular complexity index is 1700. The van der Waals surface area contributed by atoms with Gasteiger partial charge < -0.3 is 24.4 Å². The molecule has 2 heterocycles. The van der Waals surface area contributed by atoms with Gasteiger partial charge in [0, 0.05) is 38.3 Å². The fourth-order valence-electron chi connectivity index (χ4n) is 7.73. The number of rotatable bonds is 12. The van der Waals surface area contributed by atoms with Crippen LogP contribution in [0.1, 0.15) is 104 Å². The van der Waals surface area contributed by atoms with Crippen molar-refractivity contribution >= 4 is 5.91 Å². The summed E-state index contributed by atoms with van der Waals surface area (Å²) < 4.78 is 17.1. The van der Waals surface area contributed by atoms with Crippen molar-refractivity contribution in [2.24, 2.45) is 0 Å². The largest absolute Gasteiger partial charge is 0.496 e. The molecule has 3 aromatic rings. The number of nitrogens with one attached hydrogen (secondary N) is 1. The Morgan fingerprint density at radius 3 is 2.31 bits per heavy atom. The molecular weight excluding hydrogens is 635 g/mol. The summed E-state index contributed by atoms with van der Waals surface area (Å²) in [6.45, 7) is 11.2. The maximum absolute atomic E-state index is 13.8. The SMILES string of the molecule is CC.CCCc1cc(-c2cccc(C(=O)N(C)C3CCN(CC4=CC(c5cc(OC)c(C)c(C6CCC6)c5)NC=C4)CC3)c2)cc(OC)c1OC. The van der Waals surface area contributed by atoms with Gasteiger partial charge in [0.15, 0.2) is 11.5 Å². The standard InChI is InChI=1S/C42H53N3O4.C2H6/c1-7-10-32-23-34(25-40(48-5)41(32)49-6)31-13-9-14-33(22-31)42(46)44(3)36-16-19-45(20-17-36)27-29-15-18-43-38(21-29)35-24-37(30-11-8-12-30)28(2)39(26-35)47-4;1-2/h9,13-15,18,21-26,30,36,38,43H,7-8,10-12,16-17,19-20,27H2,1-6H3;1-2H3. The number of benzene rings is 3. The molecule has 0 aromatic heterocycles. The number of aryl methyl sites for hydroxylation is 1. The third-order valence-electron chi connectivity index (χ3n) is 10.8. The molecule has 7 heteroatoms. The number of dihydropyridines is 1. The number of hydrogen-bond acceptors (Lipinski definition) is 6. The summed E-state index contributed by atoms with van der Waals surface area (Å²) in [5.41, 5.74) is 9.16. The van der Waals surface area contributed by atoms with Crippen LogP contribution < -0.4 is 19.5 Å². The van der Waals surface area contributed by atoms with Gasteiger partial charge in [-0.05, 0) is 127 Å². The molecule has 0 spiro atoms. The van der Waals surface area contributed by atoms with Crippen LogP contribution in [0.25, 0.3) is 11.1 Å². The zero-order chi connectivity index (χ0) is 36.5. The summed E-state index contributed by atoms with van der Waals surface area (Å²) in [5, 5.41) is 3.57. The van der Waals surface area contributed by atoms with E-state index in [2.05, 4.69) is 66.7 Å². The monoisotopic (exact) mass is 693 g/mol. The molecule has 7 nitrogen and oxygen atoms in total. The molecule has 3 aromatic carbocycles. The number of likely N-dealkylation sites (tertiary alicyclic amines) is 1. The molecule has 2 fully saturated rings. The number of methoxy groups -OCH3 is 3. The third kappa shape index (κ3) is 8.64. The highest BCUT2D eigenvalue weighted by Gasteiger charge is 2.28.